The lowest BCUT2D eigenvalue weighted by molar-refractivity contribution is -0.126. The molecule has 88 valence electrons. The Labute approximate surface area is 91.8 Å². The lowest BCUT2D eigenvalue weighted by Gasteiger charge is -2.05. The number of hydrogen-bond acceptors (Lipinski definition) is 2. The average molecular weight is 214 g/mol. The molecule has 0 saturated heterocycles. The Morgan fingerprint density at radius 2 is 1.67 bits per heavy atom. The molecule has 0 aliphatic carbocycles. The van der Waals surface area contributed by atoms with Crippen LogP contribution in [-0.4, -0.2) is 24.9 Å². The lowest BCUT2D eigenvalue weighted by Crippen LogP contribution is -2.37. The first-order valence-corrected chi connectivity index (χ1v) is 5.74. The molecule has 0 spiro atoms. The summed E-state index contributed by atoms with van der Waals surface area (Å²) in [6.07, 6.45) is 4.50. The molecule has 0 aromatic heterocycles. The highest BCUT2D eigenvalue weighted by Crippen LogP contribution is 1.97. The first-order chi connectivity index (χ1) is 7.20. The van der Waals surface area contributed by atoms with Gasteiger partial charge in [-0.05, 0) is 12.8 Å². The van der Waals surface area contributed by atoms with E-state index in [2.05, 4.69) is 17.6 Å². The maximum Gasteiger partial charge on any atom is 0.239 e. The molecule has 0 aliphatic heterocycles. The van der Waals surface area contributed by atoms with Gasteiger partial charge in [0.15, 0.2) is 0 Å². The third-order valence-electron chi connectivity index (χ3n) is 2.03. The van der Waals surface area contributed by atoms with Crippen molar-refractivity contribution in [3.05, 3.63) is 0 Å². The molecule has 0 aliphatic rings. The van der Waals surface area contributed by atoms with Crippen molar-refractivity contribution in [2.75, 3.05) is 13.1 Å². The number of unbranched alkanes of at least 4 members (excludes halogenated alkanes) is 2. The average Bonchev–Trinajstić information content (AvgIpc) is 2.24. The summed E-state index contributed by atoms with van der Waals surface area (Å²) < 4.78 is 0. The van der Waals surface area contributed by atoms with Gasteiger partial charge >= 0.3 is 0 Å². The van der Waals surface area contributed by atoms with Gasteiger partial charge in [-0.3, -0.25) is 9.59 Å². The van der Waals surface area contributed by atoms with Crippen LogP contribution in [0.2, 0.25) is 0 Å². The largest absolute Gasteiger partial charge is 0.355 e. The second kappa shape index (κ2) is 9.49. The molecule has 0 unspecified atom stereocenters. The molecule has 0 aromatic carbocycles. The molecule has 4 nitrogen and oxygen atoms in total. The van der Waals surface area contributed by atoms with E-state index in [0.29, 0.717) is 13.0 Å². The molecule has 0 fully saturated rings. The van der Waals surface area contributed by atoms with Gasteiger partial charge in [0.1, 0.15) is 0 Å². The molecule has 2 N–H and O–H groups in total. The predicted octanol–water partition coefficient (Wildman–Crippen LogP) is 1.21. The fraction of sp³-hybridized carbons (Fsp3) is 0.818. The van der Waals surface area contributed by atoms with Crippen molar-refractivity contribution in [1.82, 2.24) is 10.6 Å². The summed E-state index contributed by atoms with van der Waals surface area (Å²) in [5, 5.41) is 5.30. The second-order valence-electron chi connectivity index (χ2n) is 3.58. The van der Waals surface area contributed by atoms with Gasteiger partial charge in [-0.15, -0.1) is 0 Å². The molecule has 0 atom stereocenters. The Morgan fingerprint density at radius 3 is 2.27 bits per heavy atom. The Morgan fingerprint density at radius 1 is 0.933 bits per heavy atom. The van der Waals surface area contributed by atoms with Gasteiger partial charge in [0, 0.05) is 13.0 Å². The van der Waals surface area contributed by atoms with E-state index in [4.69, 9.17) is 0 Å². The summed E-state index contributed by atoms with van der Waals surface area (Å²) in [6.45, 7) is 4.86. The van der Waals surface area contributed by atoms with Crippen LogP contribution in [0.5, 0.6) is 0 Å². The number of amides is 2. The number of nitrogens with one attached hydrogen (secondary N) is 2. The fourth-order valence-corrected chi connectivity index (χ4v) is 1.13. The maximum atomic E-state index is 11.2. The summed E-state index contributed by atoms with van der Waals surface area (Å²) in [7, 11) is 0. The number of carbonyl (C=O) groups is 2. The zero-order chi connectivity index (χ0) is 11.5. The summed E-state index contributed by atoms with van der Waals surface area (Å²) in [5.74, 6) is -0.143. The minimum atomic E-state index is -0.110. The van der Waals surface area contributed by atoms with Crippen molar-refractivity contribution in [2.24, 2.45) is 0 Å². The number of rotatable bonds is 8. The van der Waals surface area contributed by atoms with Crippen LogP contribution in [0.15, 0.2) is 0 Å². The van der Waals surface area contributed by atoms with E-state index < -0.39 is 0 Å². The van der Waals surface area contributed by atoms with Gasteiger partial charge in [0.2, 0.25) is 11.8 Å². The van der Waals surface area contributed by atoms with Gasteiger partial charge in [-0.25, -0.2) is 0 Å². The molecule has 0 heterocycles. The van der Waals surface area contributed by atoms with Crippen molar-refractivity contribution >= 4 is 11.8 Å². The molecule has 0 rings (SSSR count). The van der Waals surface area contributed by atoms with Crippen LogP contribution in [0.1, 0.15) is 46.0 Å². The molecule has 0 aromatic rings. The van der Waals surface area contributed by atoms with Crippen LogP contribution in [0, 0.1) is 0 Å². The van der Waals surface area contributed by atoms with Crippen molar-refractivity contribution < 1.29 is 9.59 Å². The highest BCUT2D eigenvalue weighted by atomic mass is 16.2. The summed E-state index contributed by atoms with van der Waals surface area (Å²) >= 11 is 0. The topological polar surface area (TPSA) is 58.2 Å². The van der Waals surface area contributed by atoms with E-state index in [1.54, 1.807) is 0 Å². The SMILES string of the molecule is CCCCCC(=O)NCC(=O)NCCC. The third-order valence-corrected chi connectivity index (χ3v) is 2.03. The van der Waals surface area contributed by atoms with E-state index in [1.807, 2.05) is 6.92 Å². The Balaban J connectivity index is 3.40. The van der Waals surface area contributed by atoms with Gasteiger partial charge in [0.25, 0.3) is 0 Å². The van der Waals surface area contributed by atoms with E-state index in [9.17, 15) is 9.59 Å². The van der Waals surface area contributed by atoms with Gasteiger partial charge in [-0.1, -0.05) is 26.7 Å². The molecular weight excluding hydrogens is 192 g/mol. The van der Waals surface area contributed by atoms with Crippen LogP contribution < -0.4 is 10.6 Å². The van der Waals surface area contributed by atoms with E-state index in [1.165, 1.54) is 0 Å². The van der Waals surface area contributed by atoms with E-state index in [-0.39, 0.29) is 18.4 Å². The molecule has 15 heavy (non-hydrogen) atoms. The zero-order valence-electron chi connectivity index (χ0n) is 9.77. The van der Waals surface area contributed by atoms with Crippen LogP contribution in [0.4, 0.5) is 0 Å². The highest BCUT2D eigenvalue weighted by Gasteiger charge is 2.03. The van der Waals surface area contributed by atoms with Crippen LogP contribution >= 0.6 is 0 Å². The zero-order valence-corrected chi connectivity index (χ0v) is 9.77. The molecule has 0 radical (unpaired) electrons. The van der Waals surface area contributed by atoms with Crippen molar-refractivity contribution in [3.63, 3.8) is 0 Å². The molecule has 2 amide bonds. The maximum absolute atomic E-state index is 11.2. The van der Waals surface area contributed by atoms with Crippen molar-refractivity contribution in [2.45, 2.75) is 46.0 Å². The van der Waals surface area contributed by atoms with Crippen LogP contribution in [-0.2, 0) is 9.59 Å². The minimum Gasteiger partial charge on any atom is -0.355 e. The molecule has 0 bridgehead atoms. The predicted molar refractivity (Wildman–Crippen MR) is 60.5 cm³/mol. The number of carbonyl (C=O) groups excluding carboxylic acids is 2. The summed E-state index contributed by atoms with van der Waals surface area (Å²) in [6, 6.07) is 0. The second-order valence-corrected chi connectivity index (χ2v) is 3.58. The van der Waals surface area contributed by atoms with E-state index >= 15 is 0 Å². The molecular formula is C11H22N2O2. The van der Waals surface area contributed by atoms with Crippen LogP contribution in [0.25, 0.3) is 0 Å². The quantitative estimate of drug-likeness (QED) is 0.597. The smallest absolute Gasteiger partial charge is 0.239 e. The normalized spacial score (nSPS) is 9.73. The molecule has 0 saturated carbocycles. The first-order valence-electron chi connectivity index (χ1n) is 5.74. The summed E-state index contributed by atoms with van der Waals surface area (Å²) in [5.41, 5.74) is 0. The van der Waals surface area contributed by atoms with Crippen LogP contribution in [0.3, 0.4) is 0 Å². The fourth-order valence-electron chi connectivity index (χ4n) is 1.13. The monoisotopic (exact) mass is 214 g/mol. The minimum absolute atomic E-state index is 0.0323. The standard InChI is InChI=1S/C11H22N2O2/c1-3-5-6-7-10(14)13-9-11(15)12-8-4-2/h3-9H2,1-2H3,(H,12,15)(H,13,14). The summed E-state index contributed by atoms with van der Waals surface area (Å²) in [4.78, 5) is 22.3. The van der Waals surface area contributed by atoms with E-state index in [0.717, 1.165) is 25.7 Å². The Hall–Kier alpha value is -1.06. The molecule has 4 heteroatoms. The highest BCUT2D eigenvalue weighted by molar-refractivity contribution is 5.84. The van der Waals surface area contributed by atoms with Gasteiger partial charge in [0.05, 0.1) is 6.54 Å². The van der Waals surface area contributed by atoms with Crippen molar-refractivity contribution in [1.29, 1.82) is 0 Å². The first kappa shape index (κ1) is 13.9. The third kappa shape index (κ3) is 9.25. The van der Waals surface area contributed by atoms with Gasteiger partial charge in [-0.2, -0.15) is 0 Å². The Bertz CT molecular complexity index is 193. The Kier molecular flexibility index (Phi) is 8.82. The lowest BCUT2D eigenvalue weighted by atomic mass is 10.2. The number of hydrogen-bond donors (Lipinski definition) is 2. The van der Waals surface area contributed by atoms with Crippen molar-refractivity contribution in [3.8, 4) is 0 Å². The van der Waals surface area contributed by atoms with Gasteiger partial charge < -0.3 is 10.6 Å².